The van der Waals surface area contributed by atoms with Crippen LogP contribution in [0.4, 0.5) is 0 Å². The van der Waals surface area contributed by atoms with Gasteiger partial charge in [0.2, 0.25) is 0 Å². The van der Waals surface area contributed by atoms with Gasteiger partial charge >= 0.3 is 0 Å². The monoisotopic (exact) mass is 278 g/mol. The standard InChI is InChI=1S/C18H18N2O/c1-13-10-14(12-19-2)5-8-18(13)21-16-7-6-15-4-3-9-20-17(15)11-16/h3-11,19H,12H2,1-2H3. The van der Waals surface area contributed by atoms with Gasteiger partial charge in [0.05, 0.1) is 5.52 Å². The number of hydrogen-bond donors (Lipinski definition) is 1. The molecule has 0 saturated carbocycles. The van der Waals surface area contributed by atoms with Crippen LogP contribution in [0.15, 0.2) is 54.7 Å². The van der Waals surface area contributed by atoms with Gasteiger partial charge in [-0.05, 0) is 49.4 Å². The molecule has 3 rings (SSSR count). The van der Waals surface area contributed by atoms with Gasteiger partial charge in [0, 0.05) is 24.2 Å². The van der Waals surface area contributed by atoms with E-state index in [2.05, 4.69) is 29.4 Å². The van der Waals surface area contributed by atoms with Crippen LogP contribution in [0.5, 0.6) is 11.5 Å². The summed E-state index contributed by atoms with van der Waals surface area (Å²) in [5.74, 6) is 1.69. The third-order valence-electron chi connectivity index (χ3n) is 3.43. The van der Waals surface area contributed by atoms with Crippen molar-refractivity contribution in [3.8, 4) is 11.5 Å². The molecule has 0 saturated heterocycles. The highest BCUT2D eigenvalue weighted by atomic mass is 16.5. The van der Waals surface area contributed by atoms with Gasteiger partial charge in [-0.3, -0.25) is 4.98 Å². The molecule has 0 unspecified atom stereocenters. The number of nitrogens with one attached hydrogen (secondary N) is 1. The highest BCUT2D eigenvalue weighted by Crippen LogP contribution is 2.27. The van der Waals surface area contributed by atoms with Crippen molar-refractivity contribution < 1.29 is 4.74 Å². The smallest absolute Gasteiger partial charge is 0.130 e. The lowest BCUT2D eigenvalue weighted by atomic mass is 10.1. The summed E-state index contributed by atoms with van der Waals surface area (Å²) < 4.78 is 5.99. The van der Waals surface area contributed by atoms with E-state index >= 15 is 0 Å². The lowest BCUT2D eigenvalue weighted by molar-refractivity contribution is 0.479. The van der Waals surface area contributed by atoms with Crippen LogP contribution in [0.25, 0.3) is 10.9 Å². The summed E-state index contributed by atoms with van der Waals surface area (Å²) in [6.45, 7) is 2.93. The maximum atomic E-state index is 5.99. The number of aromatic nitrogens is 1. The van der Waals surface area contributed by atoms with Gasteiger partial charge in [0.1, 0.15) is 11.5 Å². The van der Waals surface area contributed by atoms with Gasteiger partial charge in [-0.2, -0.15) is 0 Å². The fourth-order valence-electron chi connectivity index (χ4n) is 2.38. The number of aryl methyl sites for hydroxylation is 1. The zero-order chi connectivity index (χ0) is 14.7. The molecule has 2 aromatic carbocycles. The first kappa shape index (κ1) is 13.6. The molecular formula is C18H18N2O. The summed E-state index contributed by atoms with van der Waals surface area (Å²) in [4.78, 5) is 4.36. The van der Waals surface area contributed by atoms with Crippen LogP contribution >= 0.6 is 0 Å². The largest absolute Gasteiger partial charge is 0.457 e. The Bertz CT molecular complexity index is 768. The third kappa shape index (κ3) is 3.03. The van der Waals surface area contributed by atoms with Gasteiger partial charge in [-0.1, -0.05) is 18.2 Å². The molecule has 3 nitrogen and oxygen atoms in total. The van der Waals surface area contributed by atoms with Crippen molar-refractivity contribution >= 4 is 10.9 Å². The second kappa shape index (κ2) is 5.94. The first-order valence-corrected chi connectivity index (χ1v) is 7.03. The number of hydrogen-bond acceptors (Lipinski definition) is 3. The normalized spacial score (nSPS) is 10.8. The second-order valence-electron chi connectivity index (χ2n) is 5.09. The van der Waals surface area contributed by atoms with E-state index in [1.165, 1.54) is 5.56 Å². The Morgan fingerprint density at radius 3 is 2.81 bits per heavy atom. The SMILES string of the molecule is CNCc1ccc(Oc2ccc3cccnc3c2)c(C)c1. The Hall–Kier alpha value is -2.39. The van der Waals surface area contributed by atoms with Crippen molar-refractivity contribution in [2.24, 2.45) is 0 Å². The van der Waals surface area contributed by atoms with Crippen LogP contribution in [0, 0.1) is 6.92 Å². The van der Waals surface area contributed by atoms with Gasteiger partial charge < -0.3 is 10.1 Å². The van der Waals surface area contributed by atoms with E-state index in [9.17, 15) is 0 Å². The minimum absolute atomic E-state index is 0.811. The summed E-state index contributed by atoms with van der Waals surface area (Å²) >= 11 is 0. The van der Waals surface area contributed by atoms with Gasteiger partial charge in [-0.25, -0.2) is 0 Å². The number of benzene rings is 2. The van der Waals surface area contributed by atoms with Crippen molar-refractivity contribution in [3.63, 3.8) is 0 Å². The van der Waals surface area contributed by atoms with Crippen LogP contribution in [0.3, 0.4) is 0 Å². The highest BCUT2D eigenvalue weighted by molar-refractivity contribution is 5.79. The Morgan fingerprint density at radius 2 is 2.00 bits per heavy atom. The van der Waals surface area contributed by atoms with E-state index in [-0.39, 0.29) is 0 Å². The molecule has 0 atom stereocenters. The summed E-state index contributed by atoms with van der Waals surface area (Å²) in [5.41, 5.74) is 3.32. The average molecular weight is 278 g/mol. The molecular weight excluding hydrogens is 260 g/mol. The molecule has 0 bridgehead atoms. The molecule has 3 aromatic rings. The molecule has 1 N–H and O–H groups in total. The maximum Gasteiger partial charge on any atom is 0.130 e. The molecule has 3 heteroatoms. The molecule has 0 fully saturated rings. The predicted molar refractivity (Wildman–Crippen MR) is 85.8 cm³/mol. The van der Waals surface area contributed by atoms with Gasteiger partial charge in [-0.15, -0.1) is 0 Å². The zero-order valence-electron chi connectivity index (χ0n) is 12.3. The number of rotatable bonds is 4. The van der Waals surface area contributed by atoms with Gasteiger partial charge in [0.25, 0.3) is 0 Å². The minimum Gasteiger partial charge on any atom is -0.457 e. The van der Waals surface area contributed by atoms with E-state index in [1.807, 2.05) is 43.4 Å². The molecule has 21 heavy (non-hydrogen) atoms. The molecule has 0 amide bonds. The molecule has 0 aliphatic carbocycles. The molecule has 0 radical (unpaired) electrons. The van der Waals surface area contributed by atoms with Crippen molar-refractivity contribution in [1.82, 2.24) is 10.3 Å². The molecule has 1 aromatic heterocycles. The van der Waals surface area contributed by atoms with E-state index in [4.69, 9.17) is 4.74 Å². The highest BCUT2D eigenvalue weighted by Gasteiger charge is 2.04. The summed E-state index contributed by atoms with van der Waals surface area (Å²) in [5, 5.41) is 4.27. The van der Waals surface area contributed by atoms with Crippen LogP contribution in [0.1, 0.15) is 11.1 Å². The van der Waals surface area contributed by atoms with E-state index in [0.717, 1.165) is 34.5 Å². The molecule has 0 aliphatic heterocycles. The number of nitrogens with zero attached hydrogens (tertiary/aromatic N) is 1. The number of pyridine rings is 1. The summed E-state index contributed by atoms with van der Waals surface area (Å²) in [7, 11) is 1.95. The summed E-state index contributed by atoms with van der Waals surface area (Å²) in [6, 6.07) is 16.2. The minimum atomic E-state index is 0.811. The number of ether oxygens (including phenoxy) is 1. The van der Waals surface area contributed by atoms with Crippen LogP contribution < -0.4 is 10.1 Å². The molecule has 0 spiro atoms. The Morgan fingerprint density at radius 1 is 1.10 bits per heavy atom. The topological polar surface area (TPSA) is 34.1 Å². The Balaban J connectivity index is 1.87. The van der Waals surface area contributed by atoms with Crippen molar-refractivity contribution in [2.75, 3.05) is 7.05 Å². The first-order chi connectivity index (χ1) is 10.3. The second-order valence-corrected chi connectivity index (χ2v) is 5.09. The van der Waals surface area contributed by atoms with Gasteiger partial charge in [0.15, 0.2) is 0 Å². The maximum absolute atomic E-state index is 5.99. The molecule has 1 heterocycles. The van der Waals surface area contributed by atoms with Crippen LogP contribution in [0.2, 0.25) is 0 Å². The van der Waals surface area contributed by atoms with Crippen LogP contribution in [-0.4, -0.2) is 12.0 Å². The Kier molecular flexibility index (Phi) is 3.84. The lowest BCUT2D eigenvalue weighted by Crippen LogP contribution is -2.05. The fourth-order valence-corrected chi connectivity index (χ4v) is 2.38. The van der Waals surface area contributed by atoms with E-state index in [0.29, 0.717) is 0 Å². The third-order valence-corrected chi connectivity index (χ3v) is 3.43. The van der Waals surface area contributed by atoms with E-state index in [1.54, 1.807) is 6.20 Å². The Labute approximate surface area is 124 Å². The quantitative estimate of drug-likeness (QED) is 0.781. The van der Waals surface area contributed by atoms with Crippen molar-refractivity contribution in [1.29, 1.82) is 0 Å². The zero-order valence-corrected chi connectivity index (χ0v) is 12.3. The van der Waals surface area contributed by atoms with Crippen LogP contribution in [-0.2, 0) is 6.54 Å². The average Bonchev–Trinajstić information content (AvgIpc) is 2.50. The van der Waals surface area contributed by atoms with Crippen molar-refractivity contribution in [2.45, 2.75) is 13.5 Å². The predicted octanol–water partition coefficient (Wildman–Crippen LogP) is 4.05. The number of fused-ring (bicyclic) bond motifs is 1. The first-order valence-electron chi connectivity index (χ1n) is 7.03. The molecule has 106 valence electrons. The lowest BCUT2D eigenvalue weighted by Gasteiger charge is -2.11. The van der Waals surface area contributed by atoms with E-state index < -0.39 is 0 Å². The fraction of sp³-hybridized carbons (Fsp3) is 0.167. The molecule has 0 aliphatic rings. The van der Waals surface area contributed by atoms with Crippen molar-refractivity contribution in [3.05, 3.63) is 65.9 Å². The summed E-state index contributed by atoms with van der Waals surface area (Å²) in [6.07, 6.45) is 1.80.